The van der Waals surface area contributed by atoms with Crippen molar-refractivity contribution in [1.29, 1.82) is 0 Å². The van der Waals surface area contributed by atoms with Gasteiger partial charge in [0.1, 0.15) is 6.04 Å². The molecule has 2 amide bonds. The SMILES string of the molecule is CCC(C(=O)NC)N(Cc1ccc(Cl)c(Cl)c1)C(=O)CCCN(c1cccc(C)c1)S(C)(=O)=O. The zero-order chi connectivity index (χ0) is 25.5. The fourth-order valence-corrected chi connectivity index (χ4v) is 4.99. The summed E-state index contributed by atoms with van der Waals surface area (Å²) in [5.41, 5.74) is 2.23. The number of anilines is 1. The number of aryl methyl sites for hydroxylation is 1. The number of nitrogens with one attached hydrogen (secondary N) is 1. The minimum absolute atomic E-state index is 0.0760. The van der Waals surface area contributed by atoms with Crippen molar-refractivity contribution >= 4 is 50.7 Å². The van der Waals surface area contributed by atoms with Gasteiger partial charge in [-0.1, -0.05) is 48.3 Å². The van der Waals surface area contributed by atoms with Crippen LogP contribution in [-0.2, 0) is 26.2 Å². The van der Waals surface area contributed by atoms with Crippen LogP contribution in [0.1, 0.15) is 37.3 Å². The lowest BCUT2D eigenvalue weighted by molar-refractivity contribution is -0.141. The molecule has 0 saturated carbocycles. The predicted octanol–water partition coefficient (Wildman–Crippen LogP) is 4.40. The van der Waals surface area contributed by atoms with Crippen LogP contribution in [0.3, 0.4) is 0 Å². The number of amides is 2. The molecule has 0 spiro atoms. The van der Waals surface area contributed by atoms with E-state index in [1.807, 2.05) is 19.9 Å². The zero-order valence-electron chi connectivity index (χ0n) is 19.8. The molecule has 0 aromatic heterocycles. The Kier molecular flexibility index (Phi) is 10.2. The zero-order valence-corrected chi connectivity index (χ0v) is 22.2. The number of hydrogen-bond donors (Lipinski definition) is 1. The average Bonchev–Trinajstić information content (AvgIpc) is 2.77. The number of halogens is 2. The first-order chi connectivity index (χ1) is 16.0. The molecular weight excluding hydrogens is 497 g/mol. The third-order valence-electron chi connectivity index (χ3n) is 5.41. The largest absolute Gasteiger partial charge is 0.357 e. The molecule has 2 aromatic rings. The summed E-state index contributed by atoms with van der Waals surface area (Å²) >= 11 is 12.1. The first-order valence-corrected chi connectivity index (χ1v) is 13.6. The van der Waals surface area contributed by atoms with Crippen molar-refractivity contribution in [3.63, 3.8) is 0 Å². The number of carbonyl (C=O) groups excluding carboxylic acids is 2. The van der Waals surface area contributed by atoms with E-state index in [0.29, 0.717) is 28.6 Å². The van der Waals surface area contributed by atoms with E-state index in [1.54, 1.807) is 36.4 Å². The molecule has 1 unspecified atom stereocenters. The van der Waals surface area contributed by atoms with Gasteiger partial charge in [-0.25, -0.2) is 8.42 Å². The summed E-state index contributed by atoms with van der Waals surface area (Å²) in [5, 5.41) is 3.38. The molecule has 7 nitrogen and oxygen atoms in total. The number of hydrogen-bond acceptors (Lipinski definition) is 4. The third kappa shape index (κ3) is 7.61. The van der Waals surface area contributed by atoms with Crippen LogP contribution in [0.5, 0.6) is 0 Å². The second-order valence-corrected chi connectivity index (χ2v) is 10.8. The number of nitrogens with zero attached hydrogens (tertiary/aromatic N) is 2. The molecule has 2 aromatic carbocycles. The number of rotatable bonds is 11. The fraction of sp³-hybridized carbons (Fsp3) is 0.417. The highest BCUT2D eigenvalue weighted by atomic mass is 35.5. The summed E-state index contributed by atoms with van der Waals surface area (Å²) in [6, 6.07) is 11.6. The fourth-order valence-electron chi connectivity index (χ4n) is 3.71. The van der Waals surface area contributed by atoms with E-state index in [-0.39, 0.29) is 31.3 Å². The molecule has 0 aliphatic rings. The van der Waals surface area contributed by atoms with E-state index in [1.165, 1.54) is 16.3 Å². The highest BCUT2D eigenvalue weighted by molar-refractivity contribution is 7.92. The highest BCUT2D eigenvalue weighted by Crippen LogP contribution is 2.25. The second-order valence-electron chi connectivity index (χ2n) is 8.09. The Morgan fingerprint density at radius 3 is 2.35 bits per heavy atom. The van der Waals surface area contributed by atoms with Crippen LogP contribution in [0.15, 0.2) is 42.5 Å². The lowest BCUT2D eigenvalue weighted by atomic mass is 10.1. The molecular formula is C24H31Cl2N3O4S. The minimum atomic E-state index is -3.53. The van der Waals surface area contributed by atoms with Gasteiger partial charge in [0, 0.05) is 26.6 Å². The maximum Gasteiger partial charge on any atom is 0.242 e. The second kappa shape index (κ2) is 12.4. The predicted molar refractivity (Wildman–Crippen MR) is 138 cm³/mol. The van der Waals surface area contributed by atoms with Gasteiger partial charge >= 0.3 is 0 Å². The number of benzene rings is 2. The molecule has 10 heteroatoms. The summed E-state index contributed by atoms with van der Waals surface area (Å²) in [6.45, 7) is 4.04. The van der Waals surface area contributed by atoms with Gasteiger partial charge in [-0.2, -0.15) is 0 Å². The number of carbonyl (C=O) groups is 2. The van der Waals surface area contributed by atoms with Crippen LogP contribution < -0.4 is 9.62 Å². The lowest BCUT2D eigenvalue weighted by Crippen LogP contribution is -2.48. The van der Waals surface area contributed by atoms with Crippen molar-refractivity contribution in [1.82, 2.24) is 10.2 Å². The Morgan fingerprint density at radius 1 is 1.09 bits per heavy atom. The van der Waals surface area contributed by atoms with Gasteiger partial charge in [0.15, 0.2) is 0 Å². The molecule has 2 rings (SSSR count). The van der Waals surface area contributed by atoms with Crippen LogP contribution in [-0.4, -0.2) is 51.0 Å². The van der Waals surface area contributed by atoms with E-state index in [0.717, 1.165) is 17.4 Å². The Hall–Kier alpha value is -2.29. The standard InChI is InChI=1S/C24H31Cl2N3O4S/c1-5-22(24(31)27-3)28(16-18-11-12-20(25)21(26)15-18)23(30)10-7-13-29(34(4,32)33)19-9-6-8-17(2)14-19/h6,8-9,11-12,14-15,22H,5,7,10,13,16H2,1-4H3,(H,27,31). The summed E-state index contributed by atoms with van der Waals surface area (Å²) in [5.74, 6) is -0.521. The van der Waals surface area contributed by atoms with Crippen molar-refractivity contribution in [3.05, 3.63) is 63.6 Å². The molecule has 0 heterocycles. The summed E-state index contributed by atoms with van der Waals surface area (Å²) < 4.78 is 26.1. The first kappa shape index (κ1) is 28.0. The van der Waals surface area contributed by atoms with E-state index in [4.69, 9.17) is 23.2 Å². The normalized spacial score (nSPS) is 12.2. The van der Waals surface area contributed by atoms with E-state index in [9.17, 15) is 18.0 Å². The molecule has 1 N–H and O–H groups in total. The Balaban J connectivity index is 2.21. The molecule has 0 aliphatic carbocycles. The quantitative estimate of drug-likeness (QED) is 0.469. The van der Waals surface area contributed by atoms with Crippen molar-refractivity contribution in [2.24, 2.45) is 0 Å². The van der Waals surface area contributed by atoms with Crippen molar-refractivity contribution in [3.8, 4) is 0 Å². The van der Waals surface area contributed by atoms with Crippen molar-refractivity contribution in [2.45, 2.75) is 45.7 Å². The van der Waals surface area contributed by atoms with Gasteiger partial charge in [-0.05, 0) is 55.2 Å². The van der Waals surface area contributed by atoms with E-state index < -0.39 is 16.1 Å². The van der Waals surface area contributed by atoms with Gasteiger partial charge in [0.2, 0.25) is 21.8 Å². The topological polar surface area (TPSA) is 86.8 Å². The highest BCUT2D eigenvalue weighted by Gasteiger charge is 2.28. The average molecular weight is 529 g/mol. The summed E-state index contributed by atoms with van der Waals surface area (Å²) in [6.07, 6.45) is 1.94. The third-order valence-corrected chi connectivity index (χ3v) is 7.34. The van der Waals surface area contributed by atoms with Gasteiger partial charge in [-0.15, -0.1) is 0 Å². The van der Waals surface area contributed by atoms with Crippen LogP contribution in [0.2, 0.25) is 10.0 Å². The Bertz CT molecular complexity index is 1120. The lowest BCUT2D eigenvalue weighted by Gasteiger charge is -2.31. The van der Waals surface area contributed by atoms with Crippen LogP contribution in [0.25, 0.3) is 0 Å². The van der Waals surface area contributed by atoms with E-state index >= 15 is 0 Å². The smallest absolute Gasteiger partial charge is 0.242 e. The first-order valence-electron chi connectivity index (χ1n) is 11.0. The van der Waals surface area contributed by atoms with Gasteiger partial charge in [0.25, 0.3) is 0 Å². The molecule has 0 saturated heterocycles. The summed E-state index contributed by atoms with van der Waals surface area (Å²) in [4.78, 5) is 27.3. The van der Waals surface area contributed by atoms with Gasteiger partial charge < -0.3 is 10.2 Å². The molecule has 0 aliphatic heterocycles. The summed E-state index contributed by atoms with van der Waals surface area (Å²) in [7, 11) is -2.01. The molecule has 0 radical (unpaired) electrons. The maximum atomic E-state index is 13.3. The van der Waals surface area contributed by atoms with Crippen LogP contribution >= 0.6 is 23.2 Å². The molecule has 0 fully saturated rings. The van der Waals surface area contributed by atoms with Gasteiger partial charge in [-0.3, -0.25) is 13.9 Å². The van der Waals surface area contributed by atoms with Gasteiger partial charge in [0.05, 0.1) is 22.0 Å². The molecule has 0 bridgehead atoms. The van der Waals surface area contributed by atoms with Crippen LogP contribution in [0.4, 0.5) is 5.69 Å². The Morgan fingerprint density at radius 2 is 1.79 bits per heavy atom. The Labute approximate surface area is 212 Å². The number of likely N-dealkylation sites (N-methyl/N-ethyl adjacent to an activating group) is 1. The van der Waals surface area contributed by atoms with Crippen molar-refractivity contribution < 1.29 is 18.0 Å². The molecule has 34 heavy (non-hydrogen) atoms. The maximum absolute atomic E-state index is 13.3. The monoisotopic (exact) mass is 527 g/mol. The van der Waals surface area contributed by atoms with Crippen molar-refractivity contribution in [2.75, 3.05) is 24.2 Å². The number of sulfonamides is 1. The van der Waals surface area contributed by atoms with E-state index in [2.05, 4.69) is 5.32 Å². The molecule has 186 valence electrons. The molecule has 1 atom stereocenters. The minimum Gasteiger partial charge on any atom is -0.357 e. The van der Waals surface area contributed by atoms with Crippen LogP contribution in [0, 0.1) is 6.92 Å².